The topological polar surface area (TPSA) is 65.2 Å². The van der Waals surface area contributed by atoms with Crippen molar-refractivity contribution in [3.63, 3.8) is 0 Å². The smallest absolute Gasteiger partial charge is 0.170 e. The lowest BCUT2D eigenvalue weighted by molar-refractivity contribution is 0.112. The molecule has 0 aromatic carbocycles. The van der Waals surface area contributed by atoms with Gasteiger partial charge in [-0.2, -0.15) is 0 Å². The Labute approximate surface area is 75.7 Å². The highest BCUT2D eigenvalue weighted by Crippen LogP contribution is 2.27. The standard InChI is InChI=1S/C9H10N2O2/c10-8-3-7(13-6-1-2-6)4-11-9(8)5-12/h3-6H,1-2,10H2. The lowest BCUT2D eigenvalue weighted by Gasteiger charge is -2.04. The Morgan fingerprint density at radius 2 is 2.38 bits per heavy atom. The van der Waals surface area contributed by atoms with Crippen LogP contribution in [0.15, 0.2) is 12.3 Å². The highest BCUT2D eigenvalue weighted by atomic mass is 16.5. The summed E-state index contributed by atoms with van der Waals surface area (Å²) >= 11 is 0. The van der Waals surface area contributed by atoms with Gasteiger partial charge in [0.15, 0.2) is 6.29 Å². The van der Waals surface area contributed by atoms with Crippen molar-refractivity contribution >= 4 is 12.0 Å². The van der Waals surface area contributed by atoms with E-state index in [-0.39, 0.29) is 5.69 Å². The van der Waals surface area contributed by atoms with Crippen LogP contribution in [0.3, 0.4) is 0 Å². The second-order valence-corrected chi connectivity index (χ2v) is 3.08. The predicted octanol–water partition coefficient (Wildman–Crippen LogP) is 1.02. The minimum Gasteiger partial charge on any atom is -0.489 e. The van der Waals surface area contributed by atoms with E-state index in [1.54, 1.807) is 6.07 Å². The van der Waals surface area contributed by atoms with Crippen LogP contribution >= 0.6 is 0 Å². The number of rotatable bonds is 3. The van der Waals surface area contributed by atoms with Gasteiger partial charge in [-0.1, -0.05) is 0 Å². The number of ether oxygens (including phenoxy) is 1. The quantitative estimate of drug-likeness (QED) is 0.702. The molecule has 68 valence electrons. The van der Waals surface area contributed by atoms with E-state index in [9.17, 15) is 4.79 Å². The third kappa shape index (κ3) is 1.77. The van der Waals surface area contributed by atoms with Gasteiger partial charge in [0.1, 0.15) is 11.4 Å². The first-order valence-electron chi connectivity index (χ1n) is 4.17. The SMILES string of the molecule is Nc1cc(OC2CC2)cnc1C=O. The minimum atomic E-state index is 0.267. The molecular formula is C9H10N2O2. The summed E-state index contributed by atoms with van der Waals surface area (Å²) in [6.07, 6.45) is 4.67. The molecule has 0 aliphatic heterocycles. The maximum atomic E-state index is 10.4. The van der Waals surface area contributed by atoms with Gasteiger partial charge in [-0.05, 0) is 12.8 Å². The molecule has 0 bridgehead atoms. The maximum Gasteiger partial charge on any atom is 0.170 e. The van der Waals surface area contributed by atoms with E-state index in [2.05, 4.69) is 4.98 Å². The van der Waals surface area contributed by atoms with E-state index in [0.29, 0.717) is 23.8 Å². The summed E-state index contributed by atoms with van der Waals surface area (Å²) in [5.41, 5.74) is 6.19. The zero-order valence-electron chi connectivity index (χ0n) is 7.06. The van der Waals surface area contributed by atoms with Crippen molar-refractivity contribution in [3.05, 3.63) is 18.0 Å². The van der Waals surface area contributed by atoms with Crippen molar-refractivity contribution in [1.82, 2.24) is 4.98 Å². The Morgan fingerprint density at radius 1 is 1.62 bits per heavy atom. The molecule has 2 N–H and O–H groups in total. The molecule has 1 saturated carbocycles. The average molecular weight is 178 g/mol. The number of nitrogens with two attached hydrogens (primary N) is 1. The van der Waals surface area contributed by atoms with Crippen LogP contribution in [-0.2, 0) is 0 Å². The molecule has 0 radical (unpaired) electrons. The fourth-order valence-corrected chi connectivity index (χ4v) is 1.01. The van der Waals surface area contributed by atoms with Crippen LogP contribution in [-0.4, -0.2) is 17.4 Å². The minimum absolute atomic E-state index is 0.267. The number of aldehydes is 1. The number of nitrogens with zero attached hydrogens (tertiary/aromatic N) is 1. The van der Waals surface area contributed by atoms with Crippen molar-refractivity contribution in [2.24, 2.45) is 0 Å². The molecule has 1 heterocycles. The van der Waals surface area contributed by atoms with Gasteiger partial charge in [0.05, 0.1) is 18.0 Å². The molecule has 0 saturated heterocycles. The molecule has 0 unspecified atom stereocenters. The summed E-state index contributed by atoms with van der Waals surface area (Å²) in [5.74, 6) is 0.644. The normalized spacial score (nSPS) is 15.4. The van der Waals surface area contributed by atoms with Gasteiger partial charge in [-0.15, -0.1) is 0 Å². The fourth-order valence-electron chi connectivity index (χ4n) is 1.01. The zero-order chi connectivity index (χ0) is 9.26. The molecule has 1 aromatic rings. The molecular weight excluding hydrogens is 168 g/mol. The molecule has 0 spiro atoms. The number of anilines is 1. The van der Waals surface area contributed by atoms with E-state index in [4.69, 9.17) is 10.5 Å². The number of pyridine rings is 1. The van der Waals surface area contributed by atoms with Gasteiger partial charge in [0.2, 0.25) is 0 Å². The number of hydrogen-bond acceptors (Lipinski definition) is 4. The van der Waals surface area contributed by atoms with Crippen LogP contribution in [0.5, 0.6) is 5.75 Å². The second-order valence-electron chi connectivity index (χ2n) is 3.08. The third-order valence-electron chi connectivity index (χ3n) is 1.86. The molecule has 1 aliphatic carbocycles. The number of carbonyl (C=O) groups is 1. The molecule has 1 fully saturated rings. The van der Waals surface area contributed by atoms with Crippen LogP contribution in [0.4, 0.5) is 5.69 Å². The summed E-state index contributed by atoms with van der Waals surface area (Å²) < 4.78 is 5.45. The Balaban J connectivity index is 2.18. The number of hydrogen-bond donors (Lipinski definition) is 1. The first kappa shape index (κ1) is 8.04. The fraction of sp³-hybridized carbons (Fsp3) is 0.333. The van der Waals surface area contributed by atoms with E-state index < -0.39 is 0 Å². The van der Waals surface area contributed by atoms with Crippen LogP contribution < -0.4 is 10.5 Å². The average Bonchev–Trinajstić information content (AvgIpc) is 2.89. The molecule has 0 amide bonds. The molecule has 2 rings (SSSR count). The Kier molecular flexibility index (Phi) is 1.88. The highest BCUT2D eigenvalue weighted by Gasteiger charge is 2.23. The van der Waals surface area contributed by atoms with Gasteiger partial charge < -0.3 is 10.5 Å². The Morgan fingerprint density at radius 3 is 2.92 bits per heavy atom. The zero-order valence-corrected chi connectivity index (χ0v) is 7.06. The summed E-state index contributed by atoms with van der Waals surface area (Å²) in [6.45, 7) is 0. The molecule has 1 aromatic heterocycles. The monoisotopic (exact) mass is 178 g/mol. The number of carbonyl (C=O) groups excluding carboxylic acids is 1. The van der Waals surface area contributed by atoms with E-state index in [0.717, 1.165) is 12.8 Å². The van der Waals surface area contributed by atoms with Gasteiger partial charge >= 0.3 is 0 Å². The lowest BCUT2D eigenvalue weighted by Crippen LogP contribution is -2.00. The van der Waals surface area contributed by atoms with Gasteiger partial charge in [-0.3, -0.25) is 4.79 Å². The van der Waals surface area contributed by atoms with Crippen LogP contribution in [0.25, 0.3) is 0 Å². The van der Waals surface area contributed by atoms with E-state index in [1.807, 2.05) is 0 Å². The summed E-state index contributed by atoms with van der Waals surface area (Å²) in [6, 6.07) is 1.63. The molecule has 13 heavy (non-hydrogen) atoms. The van der Waals surface area contributed by atoms with Crippen molar-refractivity contribution < 1.29 is 9.53 Å². The summed E-state index contributed by atoms with van der Waals surface area (Å²) in [7, 11) is 0. The molecule has 0 atom stereocenters. The number of nitrogen functional groups attached to an aromatic ring is 1. The second kappa shape index (κ2) is 3.05. The van der Waals surface area contributed by atoms with Crippen LogP contribution in [0.2, 0.25) is 0 Å². The van der Waals surface area contributed by atoms with Crippen molar-refractivity contribution in [2.45, 2.75) is 18.9 Å². The largest absolute Gasteiger partial charge is 0.489 e. The maximum absolute atomic E-state index is 10.4. The van der Waals surface area contributed by atoms with Gasteiger partial charge in [-0.25, -0.2) is 4.98 Å². The van der Waals surface area contributed by atoms with Crippen molar-refractivity contribution in [2.75, 3.05) is 5.73 Å². The summed E-state index contributed by atoms with van der Waals surface area (Å²) in [4.78, 5) is 14.2. The van der Waals surface area contributed by atoms with E-state index >= 15 is 0 Å². The van der Waals surface area contributed by atoms with Crippen molar-refractivity contribution in [1.29, 1.82) is 0 Å². The predicted molar refractivity (Wildman–Crippen MR) is 47.7 cm³/mol. The Hall–Kier alpha value is -1.58. The first-order valence-corrected chi connectivity index (χ1v) is 4.17. The van der Waals surface area contributed by atoms with Crippen LogP contribution in [0.1, 0.15) is 23.3 Å². The van der Waals surface area contributed by atoms with Gasteiger partial charge in [0, 0.05) is 6.07 Å². The highest BCUT2D eigenvalue weighted by molar-refractivity contribution is 5.80. The summed E-state index contributed by atoms with van der Waals surface area (Å²) in [5, 5.41) is 0. The lowest BCUT2D eigenvalue weighted by atomic mass is 10.3. The van der Waals surface area contributed by atoms with Crippen LogP contribution in [0, 0.1) is 0 Å². The van der Waals surface area contributed by atoms with E-state index in [1.165, 1.54) is 6.20 Å². The molecule has 4 nitrogen and oxygen atoms in total. The van der Waals surface area contributed by atoms with Crippen molar-refractivity contribution in [3.8, 4) is 5.75 Å². The first-order chi connectivity index (χ1) is 6.29. The van der Waals surface area contributed by atoms with Gasteiger partial charge in [0.25, 0.3) is 0 Å². The third-order valence-corrected chi connectivity index (χ3v) is 1.86. The molecule has 1 aliphatic rings. The Bertz CT molecular complexity index is 334. The number of aromatic nitrogens is 1. The molecule has 4 heteroatoms.